The van der Waals surface area contributed by atoms with E-state index in [4.69, 9.17) is 16.7 Å². The van der Waals surface area contributed by atoms with Gasteiger partial charge in [-0.1, -0.05) is 60.1 Å². The van der Waals surface area contributed by atoms with Crippen LogP contribution in [0.15, 0.2) is 90.0 Å². The van der Waals surface area contributed by atoms with E-state index in [0.717, 1.165) is 34.3 Å². The zero-order valence-electron chi connectivity index (χ0n) is 16.8. The lowest BCUT2D eigenvalue weighted by Crippen LogP contribution is -2.29. The first-order chi connectivity index (χ1) is 15.2. The fourth-order valence-corrected chi connectivity index (χ4v) is 4.04. The van der Waals surface area contributed by atoms with Gasteiger partial charge in [-0.2, -0.15) is 5.10 Å². The van der Waals surface area contributed by atoms with Gasteiger partial charge in [0.1, 0.15) is 5.69 Å². The number of aromatic nitrogens is 1. The first-order valence-electron chi connectivity index (χ1n) is 10.2. The molecule has 1 unspecified atom stereocenters. The van der Waals surface area contributed by atoms with E-state index in [1.807, 2.05) is 89.9 Å². The summed E-state index contributed by atoms with van der Waals surface area (Å²) in [5.74, 6) is -0.139. The summed E-state index contributed by atoms with van der Waals surface area (Å²) in [7, 11) is 0. The van der Waals surface area contributed by atoms with E-state index >= 15 is 0 Å². The summed E-state index contributed by atoms with van der Waals surface area (Å²) in [4.78, 5) is 15.9. The number of carbonyl (C=O) groups excluding carboxylic acids is 1. The maximum Gasteiger partial charge on any atom is 0.268 e. The number of anilines is 1. The Hall–Kier alpha value is -3.57. The first kappa shape index (κ1) is 19.4. The van der Waals surface area contributed by atoms with Crippen molar-refractivity contribution < 1.29 is 4.79 Å². The Kier molecular flexibility index (Phi) is 5.18. The van der Waals surface area contributed by atoms with Gasteiger partial charge in [-0.25, -0.2) is 0 Å². The number of nitrogens with zero attached hydrogens (tertiary/aromatic N) is 2. The summed E-state index contributed by atoms with van der Waals surface area (Å²) >= 11 is 6.08. The number of hydrazone groups is 1. The van der Waals surface area contributed by atoms with E-state index in [1.165, 1.54) is 0 Å². The van der Waals surface area contributed by atoms with Gasteiger partial charge >= 0.3 is 0 Å². The molecule has 3 aromatic carbocycles. The Morgan fingerprint density at radius 3 is 2.55 bits per heavy atom. The molecular formula is C25H21ClN4O. The van der Waals surface area contributed by atoms with Crippen LogP contribution in [-0.2, 0) is 0 Å². The lowest BCUT2D eigenvalue weighted by Gasteiger charge is -2.24. The monoisotopic (exact) mass is 428 g/mol. The third-order valence-corrected chi connectivity index (χ3v) is 5.73. The molecule has 6 heteroatoms. The minimum Gasteiger partial charge on any atom is -0.351 e. The van der Waals surface area contributed by atoms with Gasteiger partial charge in [0, 0.05) is 22.3 Å². The molecule has 0 fully saturated rings. The van der Waals surface area contributed by atoms with E-state index < -0.39 is 0 Å². The maximum atomic E-state index is 12.7. The van der Waals surface area contributed by atoms with Crippen LogP contribution in [0.2, 0.25) is 5.02 Å². The molecule has 0 spiro atoms. The minimum atomic E-state index is -0.139. The van der Waals surface area contributed by atoms with Gasteiger partial charge < -0.3 is 10.3 Å². The van der Waals surface area contributed by atoms with E-state index in [1.54, 1.807) is 0 Å². The molecule has 1 aliphatic heterocycles. The number of halogens is 1. The van der Waals surface area contributed by atoms with Crippen LogP contribution in [0, 0.1) is 0 Å². The van der Waals surface area contributed by atoms with Crippen molar-refractivity contribution in [2.45, 2.75) is 12.5 Å². The van der Waals surface area contributed by atoms with E-state index in [0.29, 0.717) is 17.3 Å². The van der Waals surface area contributed by atoms with Gasteiger partial charge in [0.05, 0.1) is 24.0 Å². The molecule has 2 heterocycles. The highest BCUT2D eigenvalue weighted by atomic mass is 35.5. The van der Waals surface area contributed by atoms with Crippen LogP contribution in [0.4, 0.5) is 5.69 Å². The van der Waals surface area contributed by atoms with Gasteiger partial charge in [0.25, 0.3) is 5.91 Å². The largest absolute Gasteiger partial charge is 0.351 e. The molecule has 154 valence electrons. The second kappa shape index (κ2) is 8.28. The number of H-pyrrole nitrogens is 1. The third-order valence-electron chi connectivity index (χ3n) is 5.48. The van der Waals surface area contributed by atoms with E-state index in [-0.39, 0.29) is 11.9 Å². The Morgan fingerprint density at radius 1 is 1.03 bits per heavy atom. The second-order valence-corrected chi connectivity index (χ2v) is 8.01. The first-order valence-corrected chi connectivity index (χ1v) is 10.6. The van der Waals surface area contributed by atoms with Gasteiger partial charge in [-0.3, -0.25) is 9.80 Å². The zero-order valence-corrected chi connectivity index (χ0v) is 17.5. The number of benzene rings is 3. The molecule has 5 nitrogen and oxygen atoms in total. The number of amides is 1. The average molecular weight is 429 g/mol. The molecule has 5 rings (SSSR count). The quantitative estimate of drug-likeness (QED) is 0.437. The Balaban J connectivity index is 1.34. The molecular weight excluding hydrogens is 408 g/mol. The van der Waals surface area contributed by atoms with E-state index in [2.05, 4.69) is 10.3 Å². The van der Waals surface area contributed by atoms with Crippen molar-refractivity contribution in [2.75, 3.05) is 11.6 Å². The van der Waals surface area contributed by atoms with Crippen molar-refractivity contribution in [3.8, 4) is 0 Å². The van der Waals surface area contributed by atoms with Gasteiger partial charge in [-0.15, -0.1) is 0 Å². The topological polar surface area (TPSA) is 60.5 Å². The SMILES string of the molecule is O=C(NCC1=NN(c2ccccc2)C(c2ccc(Cl)cc2)C1)c1cc2ccccc2[nH]1. The maximum absolute atomic E-state index is 12.7. The fourth-order valence-electron chi connectivity index (χ4n) is 3.92. The van der Waals surface area contributed by atoms with Crippen molar-refractivity contribution in [1.82, 2.24) is 10.3 Å². The standard InChI is InChI=1S/C25H21ClN4O/c26-19-12-10-17(11-13-19)24-15-20(29-30(24)21-7-2-1-3-8-21)16-27-25(31)23-14-18-6-4-5-9-22(18)28-23/h1-14,24,28H,15-16H2,(H,27,31). The number of nitrogens with one attached hydrogen (secondary N) is 2. The van der Waals surface area contributed by atoms with Crippen molar-refractivity contribution in [1.29, 1.82) is 0 Å². The molecule has 1 amide bonds. The van der Waals surface area contributed by atoms with Crippen LogP contribution in [0.3, 0.4) is 0 Å². The molecule has 31 heavy (non-hydrogen) atoms. The molecule has 0 bridgehead atoms. The summed E-state index contributed by atoms with van der Waals surface area (Å²) in [6.07, 6.45) is 0.726. The van der Waals surface area contributed by atoms with Gasteiger partial charge in [0.2, 0.25) is 0 Å². The third kappa shape index (κ3) is 4.05. The van der Waals surface area contributed by atoms with Crippen LogP contribution in [0.25, 0.3) is 10.9 Å². The summed E-state index contributed by atoms with van der Waals surface area (Å²) in [6.45, 7) is 0.390. The number of hydrogen-bond donors (Lipinski definition) is 2. The smallest absolute Gasteiger partial charge is 0.268 e. The Labute approximate surface area is 185 Å². The highest BCUT2D eigenvalue weighted by molar-refractivity contribution is 6.30. The normalized spacial score (nSPS) is 15.8. The van der Waals surface area contributed by atoms with Crippen LogP contribution in [0.5, 0.6) is 0 Å². The summed E-state index contributed by atoms with van der Waals surface area (Å²) < 4.78 is 0. The zero-order chi connectivity index (χ0) is 21.2. The van der Waals surface area contributed by atoms with Crippen molar-refractivity contribution in [2.24, 2.45) is 5.10 Å². The molecule has 4 aromatic rings. The van der Waals surface area contributed by atoms with Crippen LogP contribution < -0.4 is 10.3 Å². The van der Waals surface area contributed by atoms with Crippen LogP contribution >= 0.6 is 11.6 Å². The highest BCUT2D eigenvalue weighted by Crippen LogP contribution is 2.35. The lowest BCUT2D eigenvalue weighted by molar-refractivity contribution is 0.0955. The number of aromatic amines is 1. The predicted octanol–water partition coefficient (Wildman–Crippen LogP) is 5.56. The molecule has 0 saturated carbocycles. The molecule has 0 saturated heterocycles. The lowest BCUT2D eigenvalue weighted by atomic mass is 10.0. The molecule has 2 N–H and O–H groups in total. The van der Waals surface area contributed by atoms with Crippen molar-refractivity contribution in [3.63, 3.8) is 0 Å². The summed E-state index contributed by atoms with van der Waals surface area (Å²) in [6, 6.07) is 27.7. The Morgan fingerprint density at radius 2 is 1.77 bits per heavy atom. The van der Waals surface area contributed by atoms with Crippen LogP contribution in [0.1, 0.15) is 28.5 Å². The minimum absolute atomic E-state index is 0.0552. The van der Waals surface area contributed by atoms with Crippen molar-refractivity contribution in [3.05, 3.63) is 101 Å². The molecule has 1 aliphatic rings. The number of hydrogen-bond acceptors (Lipinski definition) is 3. The predicted molar refractivity (Wildman–Crippen MR) is 126 cm³/mol. The number of para-hydroxylation sites is 2. The number of fused-ring (bicyclic) bond motifs is 1. The van der Waals surface area contributed by atoms with Gasteiger partial charge in [-0.05, 0) is 42.0 Å². The molecule has 1 atom stereocenters. The summed E-state index contributed by atoms with van der Waals surface area (Å²) in [5.41, 5.74) is 4.57. The summed E-state index contributed by atoms with van der Waals surface area (Å²) in [5, 5.41) is 11.6. The van der Waals surface area contributed by atoms with E-state index in [9.17, 15) is 4.79 Å². The van der Waals surface area contributed by atoms with Crippen molar-refractivity contribution >= 4 is 39.8 Å². The Bertz CT molecular complexity index is 1210. The highest BCUT2D eigenvalue weighted by Gasteiger charge is 2.29. The molecule has 1 aromatic heterocycles. The average Bonchev–Trinajstić information content (AvgIpc) is 3.43. The van der Waals surface area contributed by atoms with Gasteiger partial charge in [0.15, 0.2) is 0 Å². The number of rotatable bonds is 5. The van der Waals surface area contributed by atoms with Crippen LogP contribution in [-0.4, -0.2) is 23.1 Å². The second-order valence-electron chi connectivity index (χ2n) is 7.57. The fraction of sp³-hybridized carbons (Fsp3) is 0.120. The molecule has 0 aliphatic carbocycles. The number of carbonyl (C=O) groups is 1. The molecule has 0 radical (unpaired) electrons.